The summed E-state index contributed by atoms with van der Waals surface area (Å²) in [7, 11) is 2.04. The van der Waals surface area contributed by atoms with Gasteiger partial charge >= 0.3 is 0 Å². The summed E-state index contributed by atoms with van der Waals surface area (Å²) in [5.74, 6) is 1.90. The lowest BCUT2D eigenvalue weighted by atomic mass is 10.1. The van der Waals surface area contributed by atoms with Gasteiger partial charge in [0.15, 0.2) is 0 Å². The van der Waals surface area contributed by atoms with Crippen LogP contribution in [-0.2, 0) is 18.3 Å². The Hall–Kier alpha value is -1.07. The monoisotopic (exact) mass is 294 g/mol. The summed E-state index contributed by atoms with van der Waals surface area (Å²) in [6, 6.07) is 0. The van der Waals surface area contributed by atoms with E-state index in [0.717, 1.165) is 38.5 Å². The van der Waals surface area contributed by atoms with Gasteiger partial charge in [0.05, 0.1) is 17.9 Å². The van der Waals surface area contributed by atoms with E-state index in [1.54, 1.807) is 0 Å². The van der Waals surface area contributed by atoms with E-state index in [0.29, 0.717) is 5.92 Å². The van der Waals surface area contributed by atoms with E-state index in [1.807, 2.05) is 11.7 Å². The van der Waals surface area contributed by atoms with E-state index in [4.69, 9.17) is 4.74 Å². The maximum atomic E-state index is 5.83. The predicted molar refractivity (Wildman–Crippen MR) is 86.7 cm³/mol. The van der Waals surface area contributed by atoms with Gasteiger partial charge in [-0.15, -0.1) is 0 Å². The minimum atomic E-state index is -0.0982. The van der Waals surface area contributed by atoms with Crippen molar-refractivity contribution in [2.45, 2.75) is 46.8 Å². The van der Waals surface area contributed by atoms with Gasteiger partial charge < -0.3 is 15.0 Å². The van der Waals surface area contributed by atoms with Crippen molar-refractivity contribution in [3.63, 3.8) is 0 Å². The van der Waals surface area contributed by atoms with Gasteiger partial charge in [0, 0.05) is 32.2 Å². The molecule has 0 unspecified atom stereocenters. The molecule has 0 spiro atoms. The molecule has 0 saturated carbocycles. The van der Waals surface area contributed by atoms with Crippen LogP contribution in [0, 0.1) is 12.8 Å². The Morgan fingerprint density at radius 1 is 1.38 bits per heavy atom. The second kappa shape index (κ2) is 6.36. The third-order valence-corrected chi connectivity index (χ3v) is 3.89. The molecule has 1 N–H and O–H groups in total. The third kappa shape index (κ3) is 3.98. The number of aryl methyl sites for hydroxylation is 2. The Morgan fingerprint density at radius 2 is 2.10 bits per heavy atom. The number of morpholine rings is 1. The molecule has 0 aliphatic carbocycles. The van der Waals surface area contributed by atoms with E-state index >= 15 is 0 Å². The Labute approximate surface area is 128 Å². The zero-order chi connectivity index (χ0) is 15.6. The zero-order valence-corrected chi connectivity index (χ0v) is 14.4. The fraction of sp³-hybridized carbons (Fsp3) is 0.812. The summed E-state index contributed by atoms with van der Waals surface area (Å²) in [5, 5.41) is 8.17. The van der Waals surface area contributed by atoms with Crippen LogP contribution in [0.15, 0.2) is 0 Å². The molecule has 0 bridgehead atoms. The van der Waals surface area contributed by atoms with Crippen molar-refractivity contribution in [3.05, 3.63) is 11.3 Å². The largest absolute Gasteiger partial charge is 0.372 e. The molecule has 1 aliphatic rings. The first kappa shape index (κ1) is 16.3. The molecule has 5 heteroatoms. The van der Waals surface area contributed by atoms with Crippen LogP contribution >= 0.6 is 0 Å². The molecule has 1 fully saturated rings. The number of hydrogen-bond donors (Lipinski definition) is 1. The molecule has 120 valence electrons. The lowest BCUT2D eigenvalue weighted by Crippen LogP contribution is -2.49. The van der Waals surface area contributed by atoms with Crippen LogP contribution in [0.5, 0.6) is 0 Å². The van der Waals surface area contributed by atoms with Crippen molar-refractivity contribution in [2.24, 2.45) is 13.0 Å². The van der Waals surface area contributed by atoms with Crippen LogP contribution in [-0.4, -0.2) is 41.6 Å². The molecule has 5 nitrogen and oxygen atoms in total. The number of nitrogens with zero attached hydrogens (tertiary/aromatic N) is 3. The van der Waals surface area contributed by atoms with Gasteiger partial charge in [0.25, 0.3) is 0 Å². The summed E-state index contributed by atoms with van der Waals surface area (Å²) in [5.41, 5.74) is 2.34. The summed E-state index contributed by atoms with van der Waals surface area (Å²) in [6.07, 6.45) is 0. The van der Waals surface area contributed by atoms with E-state index in [-0.39, 0.29) is 5.60 Å². The van der Waals surface area contributed by atoms with E-state index < -0.39 is 0 Å². The van der Waals surface area contributed by atoms with Crippen molar-refractivity contribution in [3.8, 4) is 0 Å². The molecule has 1 aromatic heterocycles. The SMILES string of the molecule is Cc1nn(C)c(N2CCOC(C)(C)C2)c1CNCC(C)C. The molecule has 1 saturated heterocycles. The first-order valence-corrected chi connectivity index (χ1v) is 7.92. The number of ether oxygens (including phenoxy) is 1. The topological polar surface area (TPSA) is 42.3 Å². The van der Waals surface area contributed by atoms with Crippen molar-refractivity contribution in [1.29, 1.82) is 0 Å². The second-order valence-corrected chi connectivity index (χ2v) is 7.07. The van der Waals surface area contributed by atoms with Gasteiger partial charge in [-0.2, -0.15) is 5.10 Å². The van der Waals surface area contributed by atoms with Crippen LogP contribution in [0.4, 0.5) is 5.82 Å². The maximum absolute atomic E-state index is 5.83. The summed E-state index contributed by atoms with van der Waals surface area (Å²) in [4.78, 5) is 2.41. The molecule has 2 rings (SSSR count). The zero-order valence-electron chi connectivity index (χ0n) is 14.4. The lowest BCUT2D eigenvalue weighted by Gasteiger charge is -2.39. The van der Waals surface area contributed by atoms with Crippen LogP contribution < -0.4 is 10.2 Å². The van der Waals surface area contributed by atoms with Gasteiger partial charge in [-0.1, -0.05) is 13.8 Å². The molecule has 0 radical (unpaired) electrons. The quantitative estimate of drug-likeness (QED) is 0.903. The second-order valence-electron chi connectivity index (χ2n) is 7.07. The van der Waals surface area contributed by atoms with E-state index in [9.17, 15) is 0 Å². The van der Waals surface area contributed by atoms with E-state index in [1.165, 1.54) is 11.4 Å². The normalized spacial score (nSPS) is 18.5. The van der Waals surface area contributed by atoms with Gasteiger partial charge in [-0.05, 0) is 33.2 Å². The molecule has 2 heterocycles. The maximum Gasteiger partial charge on any atom is 0.131 e. The Morgan fingerprint density at radius 3 is 2.71 bits per heavy atom. The molecular formula is C16H30N4O. The number of nitrogens with one attached hydrogen (secondary N) is 1. The van der Waals surface area contributed by atoms with E-state index in [2.05, 4.69) is 49.9 Å². The Balaban J connectivity index is 2.18. The first-order chi connectivity index (χ1) is 9.80. The smallest absolute Gasteiger partial charge is 0.131 e. The summed E-state index contributed by atoms with van der Waals surface area (Å²) in [6.45, 7) is 15.4. The van der Waals surface area contributed by atoms with Gasteiger partial charge in [-0.3, -0.25) is 4.68 Å². The standard InChI is InChI=1S/C16H30N4O/c1-12(2)9-17-10-14-13(3)18-19(6)15(14)20-7-8-21-16(4,5)11-20/h12,17H,7-11H2,1-6H3. The first-order valence-electron chi connectivity index (χ1n) is 7.92. The highest BCUT2D eigenvalue weighted by atomic mass is 16.5. The summed E-state index contributed by atoms with van der Waals surface area (Å²) < 4.78 is 7.85. The number of rotatable bonds is 5. The van der Waals surface area contributed by atoms with Gasteiger partial charge in [0.2, 0.25) is 0 Å². The molecule has 0 amide bonds. The van der Waals surface area contributed by atoms with Crippen molar-refractivity contribution < 1.29 is 4.74 Å². The number of hydrogen-bond acceptors (Lipinski definition) is 4. The van der Waals surface area contributed by atoms with Crippen molar-refractivity contribution in [2.75, 3.05) is 31.1 Å². The molecule has 0 aromatic carbocycles. The third-order valence-electron chi connectivity index (χ3n) is 3.89. The van der Waals surface area contributed by atoms with Crippen LogP contribution in [0.1, 0.15) is 39.0 Å². The fourth-order valence-electron chi connectivity index (χ4n) is 2.98. The minimum Gasteiger partial charge on any atom is -0.372 e. The minimum absolute atomic E-state index is 0.0982. The van der Waals surface area contributed by atoms with Crippen LogP contribution in [0.3, 0.4) is 0 Å². The highest BCUT2D eigenvalue weighted by Gasteiger charge is 2.30. The Kier molecular flexibility index (Phi) is 4.94. The highest BCUT2D eigenvalue weighted by molar-refractivity contribution is 5.51. The lowest BCUT2D eigenvalue weighted by molar-refractivity contribution is -0.0281. The number of anilines is 1. The van der Waals surface area contributed by atoms with Crippen molar-refractivity contribution in [1.82, 2.24) is 15.1 Å². The fourth-order valence-corrected chi connectivity index (χ4v) is 2.98. The van der Waals surface area contributed by atoms with Gasteiger partial charge in [-0.25, -0.2) is 0 Å². The molecule has 21 heavy (non-hydrogen) atoms. The average Bonchev–Trinajstić information content (AvgIpc) is 2.62. The van der Waals surface area contributed by atoms with Gasteiger partial charge in [0.1, 0.15) is 5.82 Å². The number of aromatic nitrogens is 2. The molecule has 0 atom stereocenters. The Bertz CT molecular complexity index is 479. The molecule has 1 aliphatic heterocycles. The van der Waals surface area contributed by atoms with Crippen LogP contribution in [0.2, 0.25) is 0 Å². The highest BCUT2D eigenvalue weighted by Crippen LogP contribution is 2.27. The molecule has 1 aromatic rings. The average molecular weight is 294 g/mol. The predicted octanol–water partition coefficient (Wildman–Crippen LogP) is 2.09. The van der Waals surface area contributed by atoms with Crippen LogP contribution in [0.25, 0.3) is 0 Å². The van der Waals surface area contributed by atoms with Crippen molar-refractivity contribution >= 4 is 5.82 Å². The molecular weight excluding hydrogens is 264 g/mol. The summed E-state index contributed by atoms with van der Waals surface area (Å²) >= 11 is 0.